The van der Waals surface area contributed by atoms with E-state index in [9.17, 15) is 0 Å². The first-order chi connectivity index (χ1) is 8.95. The van der Waals surface area contributed by atoms with Crippen LogP contribution in [0.15, 0.2) is 24.3 Å². The van der Waals surface area contributed by atoms with Gasteiger partial charge < -0.3 is 10.1 Å². The maximum absolute atomic E-state index is 5.76. The fourth-order valence-electron chi connectivity index (χ4n) is 3.07. The van der Waals surface area contributed by atoms with Crippen LogP contribution in [0.5, 0.6) is 5.75 Å². The Hall–Kier alpha value is -1.06. The van der Waals surface area contributed by atoms with Gasteiger partial charge in [-0.2, -0.15) is 0 Å². The number of para-hydroxylation sites is 1. The van der Waals surface area contributed by atoms with Gasteiger partial charge in [0.15, 0.2) is 0 Å². The molecule has 1 fully saturated rings. The molecular weight excluding hydrogens is 224 g/mol. The molecule has 0 saturated carbocycles. The van der Waals surface area contributed by atoms with Crippen LogP contribution in [0.25, 0.3) is 0 Å². The first kappa shape index (κ1) is 12.0. The lowest BCUT2D eigenvalue weighted by Gasteiger charge is -2.36. The predicted molar refractivity (Wildman–Crippen MR) is 73.0 cm³/mol. The normalized spacial score (nSPS) is 25.7. The highest BCUT2D eigenvalue weighted by Gasteiger charge is 2.26. The number of nitrogens with zero attached hydrogens (tertiary/aromatic N) is 1. The van der Waals surface area contributed by atoms with Gasteiger partial charge in [-0.1, -0.05) is 18.2 Å². The van der Waals surface area contributed by atoms with E-state index in [1.165, 1.54) is 31.5 Å². The van der Waals surface area contributed by atoms with Crippen molar-refractivity contribution in [3.63, 3.8) is 0 Å². The fourth-order valence-corrected chi connectivity index (χ4v) is 3.07. The van der Waals surface area contributed by atoms with Gasteiger partial charge in [0.1, 0.15) is 5.75 Å². The topological polar surface area (TPSA) is 24.5 Å². The molecule has 1 unspecified atom stereocenters. The Morgan fingerprint density at radius 1 is 1.11 bits per heavy atom. The van der Waals surface area contributed by atoms with Gasteiger partial charge in [0.2, 0.25) is 0 Å². The SMILES string of the molecule is c1ccc2c(c1)OCCC2N1CCCNCCC1. The predicted octanol–water partition coefficient (Wildman–Crippen LogP) is 2.20. The third-order valence-electron chi connectivity index (χ3n) is 3.97. The van der Waals surface area contributed by atoms with Crippen molar-refractivity contribution in [1.82, 2.24) is 10.2 Å². The molecule has 18 heavy (non-hydrogen) atoms. The minimum Gasteiger partial charge on any atom is -0.493 e. The highest BCUT2D eigenvalue weighted by molar-refractivity contribution is 5.37. The Morgan fingerprint density at radius 3 is 2.72 bits per heavy atom. The molecule has 1 aromatic carbocycles. The highest BCUT2D eigenvalue weighted by Crippen LogP contribution is 2.35. The summed E-state index contributed by atoms with van der Waals surface area (Å²) in [5.74, 6) is 1.09. The van der Waals surface area contributed by atoms with Crippen LogP contribution in [-0.4, -0.2) is 37.7 Å². The molecule has 98 valence electrons. The van der Waals surface area contributed by atoms with Gasteiger partial charge in [-0.3, -0.25) is 4.90 Å². The summed E-state index contributed by atoms with van der Waals surface area (Å²) in [5, 5.41) is 3.48. The van der Waals surface area contributed by atoms with E-state index in [0.29, 0.717) is 6.04 Å². The maximum Gasteiger partial charge on any atom is 0.124 e. The summed E-state index contributed by atoms with van der Waals surface area (Å²) in [6.07, 6.45) is 3.63. The smallest absolute Gasteiger partial charge is 0.124 e. The van der Waals surface area contributed by atoms with E-state index in [1.807, 2.05) is 0 Å². The molecule has 1 N–H and O–H groups in total. The van der Waals surface area contributed by atoms with Crippen LogP contribution in [0.2, 0.25) is 0 Å². The first-order valence-corrected chi connectivity index (χ1v) is 7.11. The average molecular weight is 246 g/mol. The molecule has 2 aliphatic rings. The monoisotopic (exact) mass is 246 g/mol. The molecule has 1 atom stereocenters. The largest absolute Gasteiger partial charge is 0.493 e. The number of benzene rings is 1. The van der Waals surface area contributed by atoms with Gasteiger partial charge in [-0.25, -0.2) is 0 Å². The molecule has 3 rings (SSSR count). The third kappa shape index (κ3) is 2.52. The van der Waals surface area contributed by atoms with Gasteiger partial charge in [-0.05, 0) is 45.1 Å². The van der Waals surface area contributed by atoms with Crippen molar-refractivity contribution < 1.29 is 4.74 Å². The summed E-state index contributed by atoms with van der Waals surface area (Å²) < 4.78 is 5.76. The molecule has 2 heterocycles. The van der Waals surface area contributed by atoms with Crippen LogP contribution in [0.3, 0.4) is 0 Å². The highest BCUT2D eigenvalue weighted by atomic mass is 16.5. The summed E-state index contributed by atoms with van der Waals surface area (Å²) in [4.78, 5) is 2.65. The van der Waals surface area contributed by atoms with E-state index < -0.39 is 0 Å². The Kier molecular flexibility index (Phi) is 3.81. The lowest BCUT2D eigenvalue weighted by Crippen LogP contribution is -2.38. The van der Waals surface area contributed by atoms with Crippen LogP contribution in [0.4, 0.5) is 0 Å². The van der Waals surface area contributed by atoms with Crippen LogP contribution in [0.1, 0.15) is 30.9 Å². The van der Waals surface area contributed by atoms with Crippen molar-refractivity contribution >= 4 is 0 Å². The molecule has 2 aliphatic heterocycles. The van der Waals surface area contributed by atoms with E-state index >= 15 is 0 Å². The molecular formula is C15H22N2O. The minimum atomic E-state index is 0.563. The average Bonchev–Trinajstić information content (AvgIpc) is 2.38. The molecule has 0 aliphatic carbocycles. The molecule has 1 saturated heterocycles. The maximum atomic E-state index is 5.76. The zero-order chi connectivity index (χ0) is 12.2. The van der Waals surface area contributed by atoms with Crippen molar-refractivity contribution in [1.29, 1.82) is 0 Å². The number of fused-ring (bicyclic) bond motifs is 1. The summed E-state index contributed by atoms with van der Waals surface area (Å²) in [6.45, 7) is 5.57. The Bertz CT molecular complexity index is 386. The van der Waals surface area contributed by atoms with Crippen LogP contribution in [0, 0.1) is 0 Å². The number of hydrogen-bond donors (Lipinski definition) is 1. The Labute approximate surface area is 109 Å². The molecule has 0 radical (unpaired) electrons. The van der Waals surface area contributed by atoms with E-state index in [2.05, 4.69) is 34.5 Å². The standard InChI is InChI=1S/C15H22N2O/c1-2-6-15-13(5-1)14(7-12-18-15)17-10-3-8-16-9-4-11-17/h1-2,5-6,14,16H,3-4,7-12H2. The van der Waals surface area contributed by atoms with Crippen molar-refractivity contribution in [3.8, 4) is 5.75 Å². The van der Waals surface area contributed by atoms with Gasteiger partial charge >= 0.3 is 0 Å². The second kappa shape index (κ2) is 5.72. The zero-order valence-corrected chi connectivity index (χ0v) is 10.9. The number of rotatable bonds is 1. The van der Waals surface area contributed by atoms with Gasteiger partial charge in [0.25, 0.3) is 0 Å². The van der Waals surface area contributed by atoms with Crippen molar-refractivity contribution in [2.24, 2.45) is 0 Å². The second-order valence-electron chi connectivity index (χ2n) is 5.18. The lowest BCUT2D eigenvalue weighted by molar-refractivity contribution is 0.132. The molecule has 3 heteroatoms. The Morgan fingerprint density at radius 2 is 1.89 bits per heavy atom. The van der Waals surface area contributed by atoms with Crippen LogP contribution < -0.4 is 10.1 Å². The van der Waals surface area contributed by atoms with Crippen molar-refractivity contribution in [3.05, 3.63) is 29.8 Å². The minimum absolute atomic E-state index is 0.563. The number of ether oxygens (including phenoxy) is 1. The second-order valence-corrected chi connectivity index (χ2v) is 5.18. The van der Waals surface area contributed by atoms with Crippen molar-refractivity contribution in [2.75, 3.05) is 32.8 Å². The molecule has 0 amide bonds. The zero-order valence-electron chi connectivity index (χ0n) is 10.9. The lowest BCUT2D eigenvalue weighted by atomic mass is 9.98. The van der Waals surface area contributed by atoms with E-state index in [1.54, 1.807) is 0 Å². The van der Waals surface area contributed by atoms with Crippen LogP contribution in [-0.2, 0) is 0 Å². The Balaban J connectivity index is 1.79. The molecule has 0 spiro atoms. The van der Waals surface area contributed by atoms with Crippen molar-refractivity contribution in [2.45, 2.75) is 25.3 Å². The molecule has 0 aromatic heterocycles. The van der Waals surface area contributed by atoms with Gasteiger partial charge in [-0.15, -0.1) is 0 Å². The molecule has 1 aromatic rings. The molecule has 3 nitrogen and oxygen atoms in total. The van der Waals surface area contributed by atoms with Crippen LogP contribution >= 0.6 is 0 Å². The summed E-state index contributed by atoms with van der Waals surface area (Å²) in [7, 11) is 0. The quantitative estimate of drug-likeness (QED) is 0.822. The summed E-state index contributed by atoms with van der Waals surface area (Å²) >= 11 is 0. The van der Waals surface area contributed by atoms with Gasteiger partial charge in [0.05, 0.1) is 6.61 Å². The summed E-state index contributed by atoms with van der Waals surface area (Å²) in [6, 6.07) is 9.10. The molecule has 0 bridgehead atoms. The van der Waals surface area contributed by atoms with E-state index in [4.69, 9.17) is 4.74 Å². The van der Waals surface area contributed by atoms with E-state index in [0.717, 1.165) is 31.9 Å². The summed E-state index contributed by atoms with van der Waals surface area (Å²) in [5.41, 5.74) is 1.39. The third-order valence-corrected chi connectivity index (χ3v) is 3.97. The number of nitrogens with one attached hydrogen (secondary N) is 1. The fraction of sp³-hybridized carbons (Fsp3) is 0.600. The van der Waals surface area contributed by atoms with E-state index in [-0.39, 0.29) is 0 Å². The van der Waals surface area contributed by atoms with Gasteiger partial charge in [0, 0.05) is 18.0 Å². The first-order valence-electron chi connectivity index (χ1n) is 7.11. The number of hydrogen-bond acceptors (Lipinski definition) is 3.